The van der Waals surface area contributed by atoms with Crippen LogP contribution in [0.5, 0.6) is 0 Å². The highest BCUT2D eigenvalue weighted by atomic mass is 35.5. The monoisotopic (exact) mass is 271 g/mol. The first-order chi connectivity index (χ1) is 8.09. The van der Waals surface area contributed by atoms with Gasteiger partial charge >= 0.3 is 0 Å². The predicted molar refractivity (Wildman–Crippen MR) is 65.5 cm³/mol. The molecule has 0 bridgehead atoms. The van der Waals surface area contributed by atoms with E-state index < -0.39 is 4.33 Å². The first-order valence-corrected chi connectivity index (χ1v) is 6.11. The molecule has 1 aromatic carbocycles. The lowest BCUT2D eigenvalue weighted by Crippen LogP contribution is -2.39. The number of hydrogen-bond acceptors (Lipinski definition) is 2. The van der Waals surface area contributed by atoms with Crippen molar-refractivity contribution in [3.05, 3.63) is 35.4 Å². The summed E-state index contributed by atoms with van der Waals surface area (Å²) in [6.07, 6.45) is 0. The number of halogens is 2. The Labute approximate surface area is 109 Å². The van der Waals surface area contributed by atoms with Gasteiger partial charge in [0, 0.05) is 18.6 Å². The minimum absolute atomic E-state index is 0.00474. The smallest absolute Gasteiger partial charge is 0.256 e. The molecule has 3 nitrogen and oxygen atoms in total. The van der Waals surface area contributed by atoms with Crippen molar-refractivity contribution < 1.29 is 9.53 Å². The first kappa shape index (κ1) is 11.3. The summed E-state index contributed by atoms with van der Waals surface area (Å²) in [6, 6.07) is 7.29. The molecule has 0 aromatic heterocycles. The third-order valence-electron chi connectivity index (χ3n) is 3.41. The van der Waals surface area contributed by atoms with Crippen LogP contribution in [0.15, 0.2) is 24.3 Å². The van der Waals surface area contributed by atoms with E-state index in [1.165, 1.54) is 0 Å². The van der Waals surface area contributed by atoms with Crippen LogP contribution in [0.1, 0.15) is 21.8 Å². The second-order valence-electron chi connectivity index (χ2n) is 4.38. The number of carbonyl (C=O) groups is 1. The number of fused-ring (bicyclic) bond motifs is 3. The number of ether oxygens (including phenoxy) is 1. The largest absolute Gasteiger partial charge is 0.364 e. The topological polar surface area (TPSA) is 29.5 Å². The highest BCUT2D eigenvalue weighted by molar-refractivity contribution is 6.53. The summed E-state index contributed by atoms with van der Waals surface area (Å²) >= 11 is 12.5. The Hall–Kier alpha value is -0.770. The van der Waals surface area contributed by atoms with Crippen LogP contribution in [0, 0.1) is 0 Å². The van der Waals surface area contributed by atoms with Gasteiger partial charge in [-0.2, -0.15) is 0 Å². The lowest BCUT2D eigenvalue weighted by atomic mass is 9.99. The fourth-order valence-corrected chi connectivity index (χ4v) is 3.43. The minimum Gasteiger partial charge on any atom is -0.364 e. The van der Waals surface area contributed by atoms with E-state index in [0.29, 0.717) is 5.56 Å². The van der Waals surface area contributed by atoms with Gasteiger partial charge in [-0.05, 0) is 11.6 Å². The van der Waals surface area contributed by atoms with Crippen molar-refractivity contribution in [2.24, 2.45) is 0 Å². The van der Waals surface area contributed by atoms with E-state index >= 15 is 0 Å². The fraction of sp³-hybridized carbons (Fsp3) is 0.417. The Bertz CT molecular complexity index is 489. The van der Waals surface area contributed by atoms with Crippen molar-refractivity contribution in [2.45, 2.75) is 16.3 Å². The second kappa shape index (κ2) is 3.61. The molecule has 2 aliphatic rings. The van der Waals surface area contributed by atoms with Crippen molar-refractivity contribution in [1.29, 1.82) is 0 Å². The lowest BCUT2D eigenvalue weighted by molar-refractivity contribution is 0.0362. The van der Waals surface area contributed by atoms with E-state index in [9.17, 15) is 4.79 Å². The molecular weight excluding hydrogens is 261 g/mol. The number of carbonyl (C=O) groups excluding carboxylic acids is 1. The van der Waals surface area contributed by atoms with Crippen LogP contribution in [0.3, 0.4) is 0 Å². The van der Waals surface area contributed by atoms with Crippen LogP contribution in [0.4, 0.5) is 0 Å². The Kier molecular flexibility index (Phi) is 2.41. The third kappa shape index (κ3) is 1.43. The zero-order valence-electron chi connectivity index (χ0n) is 9.19. The summed E-state index contributed by atoms with van der Waals surface area (Å²) in [7, 11) is 1.55. The Balaban J connectivity index is 2.09. The highest BCUT2D eigenvalue weighted by Crippen LogP contribution is 2.64. The van der Waals surface area contributed by atoms with Crippen molar-refractivity contribution in [1.82, 2.24) is 4.90 Å². The van der Waals surface area contributed by atoms with E-state index in [0.717, 1.165) is 5.56 Å². The molecule has 1 fully saturated rings. The van der Waals surface area contributed by atoms with Gasteiger partial charge in [0.1, 0.15) is 11.1 Å². The molecule has 1 heterocycles. The maximum absolute atomic E-state index is 12.3. The molecular formula is C12H11Cl2NO2. The molecule has 0 saturated heterocycles. The van der Waals surface area contributed by atoms with Gasteiger partial charge < -0.3 is 9.64 Å². The fourth-order valence-electron chi connectivity index (χ4n) is 2.60. The molecule has 1 amide bonds. The molecule has 0 radical (unpaired) electrons. The molecule has 1 aromatic rings. The van der Waals surface area contributed by atoms with Gasteiger partial charge in [-0.1, -0.05) is 41.4 Å². The second-order valence-corrected chi connectivity index (χ2v) is 5.82. The van der Waals surface area contributed by atoms with Gasteiger partial charge in [0.15, 0.2) is 0 Å². The number of rotatable bonds is 2. The van der Waals surface area contributed by atoms with Crippen molar-refractivity contribution in [3.8, 4) is 0 Å². The number of amides is 1. The molecule has 1 saturated carbocycles. The Morgan fingerprint density at radius 1 is 1.41 bits per heavy atom. The number of benzene rings is 1. The first-order valence-electron chi connectivity index (χ1n) is 5.35. The summed E-state index contributed by atoms with van der Waals surface area (Å²) in [5, 5.41) is 0. The van der Waals surface area contributed by atoms with Gasteiger partial charge in [-0.15, -0.1) is 0 Å². The molecule has 0 spiro atoms. The van der Waals surface area contributed by atoms with Crippen molar-refractivity contribution in [2.75, 3.05) is 13.8 Å². The van der Waals surface area contributed by atoms with E-state index in [4.69, 9.17) is 27.9 Å². The quantitative estimate of drug-likeness (QED) is 0.774. The molecule has 0 N–H and O–H groups in total. The van der Waals surface area contributed by atoms with Crippen LogP contribution in [-0.2, 0) is 4.74 Å². The number of hydrogen-bond donors (Lipinski definition) is 0. The number of methoxy groups -OCH3 is 1. The SMILES string of the molecule is COCN1C(=O)c2ccccc2C2C1C2(Cl)Cl. The summed E-state index contributed by atoms with van der Waals surface area (Å²) < 4.78 is 4.16. The summed E-state index contributed by atoms with van der Waals surface area (Å²) in [6.45, 7) is 0.218. The van der Waals surface area contributed by atoms with Gasteiger partial charge in [0.25, 0.3) is 5.91 Å². The van der Waals surface area contributed by atoms with E-state index in [2.05, 4.69) is 0 Å². The zero-order chi connectivity index (χ0) is 12.2. The standard InChI is InChI=1S/C12H11Cl2NO2/c1-17-6-15-10-9(12(10,13)14)7-4-2-3-5-8(7)11(15)16/h2-5,9-10H,6H2,1H3. The van der Waals surface area contributed by atoms with Gasteiger partial charge in [-0.3, -0.25) is 4.79 Å². The summed E-state index contributed by atoms with van der Waals surface area (Å²) in [5.74, 6) is -0.0678. The van der Waals surface area contributed by atoms with E-state index in [1.807, 2.05) is 18.2 Å². The lowest BCUT2D eigenvalue weighted by Gasteiger charge is -2.26. The average molecular weight is 272 g/mol. The average Bonchev–Trinajstić information content (AvgIpc) is 2.88. The van der Waals surface area contributed by atoms with Gasteiger partial charge in [-0.25, -0.2) is 0 Å². The van der Waals surface area contributed by atoms with E-state index in [1.54, 1.807) is 18.1 Å². The van der Waals surface area contributed by atoms with Crippen molar-refractivity contribution >= 4 is 29.1 Å². The zero-order valence-corrected chi connectivity index (χ0v) is 10.7. The Morgan fingerprint density at radius 3 is 2.82 bits per heavy atom. The maximum atomic E-state index is 12.3. The van der Waals surface area contributed by atoms with Gasteiger partial charge in [0.2, 0.25) is 0 Å². The molecule has 3 rings (SSSR count). The Morgan fingerprint density at radius 2 is 2.12 bits per heavy atom. The number of nitrogens with zero attached hydrogens (tertiary/aromatic N) is 1. The minimum atomic E-state index is -0.888. The van der Waals surface area contributed by atoms with Crippen LogP contribution in [0.25, 0.3) is 0 Å². The van der Waals surface area contributed by atoms with Gasteiger partial charge in [0.05, 0.1) is 6.04 Å². The van der Waals surface area contributed by atoms with Crippen LogP contribution >= 0.6 is 23.2 Å². The third-order valence-corrected chi connectivity index (χ3v) is 4.32. The molecule has 2 atom stereocenters. The molecule has 1 aliphatic heterocycles. The van der Waals surface area contributed by atoms with E-state index in [-0.39, 0.29) is 24.6 Å². The summed E-state index contributed by atoms with van der Waals surface area (Å²) in [5.41, 5.74) is 1.62. The molecule has 90 valence electrons. The molecule has 17 heavy (non-hydrogen) atoms. The highest BCUT2D eigenvalue weighted by Gasteiger charge is 2.70. The predicted octanol–water partition coefficient (Wildman–Crippen LogP) is 2.39. The molecule has 1 aliphatic carbocycles. The molecule has 2 unspecified atom stereocenters. The summed E-state index contributed by atoms with van der Waals surface area (Å²) in [4.78, 5) is 13.9. The van der Waals surface area contributed by atoms with Crippen LogP contribution in [0.2, 0.25) is 0 Å². The van der Waals surface area contributed by atoms with Crippen LogP contribution < -0.4 is 0 Å². The van der Waals surface area contributed by atoms with Crippen LogP contribution in [-0.4, -0.2) is 35.0 Å². The van der Waals surface area contributed by atoms with Crippen molar-refractivity contribution in [3.63, 3.8) is 0 Å². The number of alkyl halides is 2. The molecule has 5 heteroatoms. The maximum Gasteiger partial charge on any atom is 0.256 e. The normalized spacial score (nSPS) is 28.6.